The Hall–Kier alpha value is -3.39. The minimum atomic E-state index is -1.37. The topological polar surface area (TPSA) is 119 Å². The molecule has 1 heterocycles. The first kappa shape index (κ1) is 17.4. The zero-order chi connectivity index (χ0) is 18.7. The Kier molecular flexibility index (Phi) is 4.85. The van der Waals surface area contributed by atoms with Gasteiger partial charge < -0.3 is 20.9 Å². The number of hydrogen-bond donors (Lipinski definition) is 3. The SMILES string of the molecule is Cc1cccc(-n2ncc3ccc(NC(=O)C(CO)OC(N)=O)cc32)c1. The van der Waals surface area contributed by atoms with E-state index in [0.29, 0.717) is 5.69 Å². The summed E-state index contributed by atoms with van der Waals surface area (Å²) < 4.78 is 6.34. The van der Waals surface area contributed by atoms with Gasteiger partial charge in [-0.25, -0.2) is 9.48 Å². The summed E-state index contributed by atoms with van der Waals surface area (Å²) in [5.74, 6) is -0.674. The fourth-order valence-electron chi connectivity index (χ4n) is 2.60. The van der Waals surface area contributed by atoms with Gasteiger partial charge >= 0.3 is 6.09 Å². The number of ether oxygens (including phenoxy) is 1. The molecule has 4 N–H and O–H groups in total. The van der Waals surface area contributed by atoms with Gasteiger partial charge in [-0.3, -0.25) is 4.79 Å². The van der Waals surface area contributed by atoms with E-state index in [-0.39, 0.29) is 0 Å². The predicted molar refractivity (Wildman–Crippen MR) is 96.0 cm³/mol. The third-order valence-electron chi connectivity index (χ3n) is 3.80. The largest absolute Gasteiger partial charge is 0.434 e. The Morgan fingerprint density at radius 1 is 1.31 bits per heavy atom. The van der Waals surface area contributed by atoms with Crippen LogP contribution in [0.25, 0.3) is 16.6 Å². The number of benzene rings is 2. The predicted octanol–water partition coefficient (Wildman–Crippen LogP) is 1.73. The van der Waals surface area contributed by atoms with Gasteiger partial charge in [-0.2, -0.15) is 5.10 Å². The molecule has 0 aliphatic rings. The van der Waals surface area contributed by atoms with E-state index in [1.54, 1.807) is 23.0 Å². The molecule has 134 valence electrons. The molecular formula is C18H18N4O4. The normalized spacial score (nSPS) is 11.9. The van der Waals surface area contributed by atoms with Crippen LogP contribution < -0.4 is 11.1 Å². The van der Waals surface area contributed by atoms with Crippen molar-refractivity contribution in [2.24, 2.45) is 5.73 Å². The first-order valence-corrected chi connectivity index (χ1v) is 7.90. The maximum absolute atomic E-state index is 12.1. The highest BCUT2D eigenvalue weighted by molar-refractivity contribution is 5.97. The van der Waals surface area contributed by atoms with Gasteiger partial charge in [-0.1, -0.05) is 12.1 Å². The number of aliphatic hydroxyl groups excluding tert-OH is 1. The number of aromatic nitrogens is 2. The summed E-state index contributed by atoms with van der Waals surface area (Å²) >= 11 is 0. The van der Waals surface area contributed by atoms with Crippen LogP contribution in [-0.2, 0) is 9.53 Å². The second-order valence-electron chi connectivity index (χ2n) is 5.77. The second-order valence-corrected chi connectivity index (χ2v) is 5.77. The van der Waals surface area contributed by atoms with Crippen molar-refractivity contribution in [3.05, 3.63) is 54.2 Å². The number of carbonyl (C=O) groups is 2. The molecule has 0 radical (unpaired) electrons. The lowest BCUT2D eigenvalue weighted by atomic mass is 10.2. The summed E-state index contributed by atoms with van der Waals surface area (Å²) in [7, 11) is 0. The molecule has 0 saturated heterocycles. The molecule has 8 nitrogen and oxygen atoms in total. The van der Waals surface area contributed by atoms with E-state index in [1.165, 1.54) is 0 Å². The Morgan fingerprint density at radius 3 is 2.81 bits per heavy atom. The van der Waals surface area contributed by atoms with Crippen molar-refractivity contribution in [3.63, 3.8) is 0 Å². The Balaban J connectivity index is 1.90. The zero-order valence-corrected chi connectivity index (χ0v) is 14.0. The van der Waals surface area contributed by atoms with Crippen LogP contribution in [0, 0.1) is 6.92 Å². The minimum absolute atomic E-state index is 0.475. The molecule has 0 aliphatic carbocycles. The van der Waals surface area contributed by atoms with Crippen molar-refractivity contribution in [2.75, 3.05) is 11.9 Å². The number of rotatable bonds is 5. The number of aryl methyl sites for hydroxylation is 1. The van der Waals surface area contributed by atoms with Crippen LogP contribution in [0.1, 0.15) is 5.56 Å². The Bertz CT molecular complexity index is 967. The van der Waals surface area contributed by atoms with Gasteiger partial charge in [0.15, 0.2) is 0 Å². The molecule has 0 fully saturated rings. The number of anilines is 1. The number of fused-ring (bicyclic) bond motifs is 1. The molecule has 0 spiro atoms. The van der Waals surface area contributed by atoms with Crippen molar-refractivity contribution < 1.29 is 19.4 Å². The summed E-state index contributed by atoms with van der Waals surface area (Å²) in [6.45, 7) is 1.33. The third-order valence-corrected chi connectivity index (χ3v) is 3.80. The number of primary amides is 1. The molecule has 3 aromatic rings. The van der Waals surface area contributed by atoms with E-state index in [2.05, 4.69) is 15.2 Å². The molecule has 0 saturated carbocycles. The first-order valence-electron chi connectivity index (χ1n) is 7.90. The highest BCUT2D eigenvalue weighted by Gasteiger charge is 2.21. The maximum Gasteiger partial charge on any atom is 0.405 e. The van der Waals surface area contributed by atoms with Crippen LogP contribution >= 0.6 is 0 Å². The fraction of sp³-hybridized carbons (Fsp3) is 0.167. The lowest BCUT2D eigenvalue weighted by Crippen LogP contribution is -2.37. The fourth-order valence-corrected chi connectivity index (χ4v) is 2.60. The highest BCUT2D eigenvalue weighted by Crippen LogP contribution is 2.22. The molecule has 8 heteroatoms. The number of amides is 2. The van der Waals surface area contributed by atoms with Crippen LogP contribution in [0.15, 0.2) is 48.7 Å². The third kappa shape index (κ3) is 3.65. The highest BCUT2D eigenvalue weighted by atomic mass is 16.6. The number of aliphatic hydroxyl groups is 1. The van der Waals surface area contributed by atoms with Gasteiger partial charge in [0.2, 0.25) is 6.10 Å². The van der Waals surface area contributed by atoms with Gasteiger partial charge in [0, 0.05) is 11.1 Å². The molecule has 3 rings (SSSR count). The van der Waals surface area contributed by atoms with Crippen LogP contribution in [0.3, 0.4) is 0 Å². The molecule has 0 aliphatic heterocycles. The van der Waals surface area contributed by atoms with E-state index in [9.17, 15) is 14.7 Å². The van der Waals surface area contributed by atoms with E-state index in [1.807, 2.05) is 37.3 Å². The summed E-state index contributed by atoms with van der Waals surface area (Å²) in [6.07, 6.45) is -0.771. The van der Waals surface area contributed by atoms with Crippen LogP contribution in [0.4, 0.5) is 10.5 Å². The Morgan fingerprint density at radius 2 is 2.12 bits per heavy atom. The number of carbonyl (C=O) groups excluding carboxylic acids is 2. The van der Waals surface area contributed by atoms with Crippen molar-refractivity contribution in [3.8, 4) is 5.69 Å². The quantitative estimate of drug-likeness (QED) is 0.644. The Labute approximate surface area is 149 Å². The molecular weight excluding hydrogens is 336 g/mol. The molecule has 2 aromatic carbocycles. The average Bonchev–Trinajstić information content (AvgIpc) is 3.02. The number of hydrogen-bond acceptors (Lipinski definition) is 5. The number of nitrogens with zero attached hydrogens (tertiary/aromatic N) is 2. The van der Waals surface area contributed by atoms with Gasteiger partial charge in [0.25, 0.3) is 5.91 Å². The average molecular weight is 354 g/mol. The van der Waals surface area contributed by atoms with E-state index in [0.717, 1.165) is 22.2 Å². The lowest BCUT2D eigenvalue weighted by Gasteiger charge is -2.14. The smallest absolute Gasteiger partial charge is 0.405 e. The molecule has 0 bridgehead atoms. The van der Waals surface area contributed by atoms with Crippen molar-refractivity contribution in [2.45, 2.75) is 13.0 Å². The zero-order valence-electron chi connectivity index (χ0n) is 14.0. The van der Waals surface area contributed by atoms with E-state index in [4.69, 9.17) is 5.73 Å². The lowest BCUT2D eigenvalue weighted by molar-refractivity contribution is -0.125. The van der Waals surface area contributed by atoms with Crippen LogP contribution in [0.5, 0.6) is 0 Å². The summed E-state index contributed by atoms with van der Waals surface area (Å²) in [5.41, 5.74) is 8.16. The number of nitrogens with two attached hydrogens (primary N) is 1. The van der Waals surface area contributed by atoms with E-state index < -0.39 is 24.7 Å². The minimum Gasteiger partial charge on any atom is -0.434 e. The summed E-state index contributed by atoms with van der Waals surface area (Å²) in [5, 5.41) is 17.1. The number of nitrogens with one attached hydrogen (secondary N) is 1. The van der Waals surface area contributed by atoms with Crippen molar-refractivity contribution in [1.82, 2.24) is 9.78 Å². The van der Waals surface area contributed by atoms with Gasteiger partial charge in [-0.15, -0.1) is 0 Å². The van der Waals surface area contributed by atoms with Crippen LogP contribution in [0.2, 0.25) is 0 Å². The van der Waals surface area contributed by atoms with E-state index >= 15 is 0 Å². The van der Waals surface area contributed by atoms with Gasteiger partial charge in [0.1, 0.15) is 0 Å². The molecule has 1 unspecified atom stereocenters. The van der Waals surface area contributed by atoms with Crippen LogP contribution in [-0.4, -0.2) is 39.6 Å². The summed E-state index contributed by atoms with van der Waals surface area (Å²) in [4.78, 5) is 22.9. The van der Waals surface area contributed by atoms with Crippen molar-refractivity contribution in [1.29, 1.82) is 0 Å². The van der Waals surface area contributed by atoms with Gasteiger partial charge in [-0.05, 0) is 42.8 Å². The molecule has 2 amide bonds. The summed E-state index contributed by atoms with van der Waals surface area (Å²) in [6, 6.07) is 13.1. The monoisotopic (exact) mass is 354 g/mol. The maximum atomic E-state index is 12.1. The van der Waals surface area contributed by atoms with Crippen molar-refractivity contribution >= 4 is 28.6 Å². The molecule has 1 aromatic heterocycles. The first-order chi connectivity index (χ1) is 12.5. The van der Waals surface area contributed by atoms with Gasteiger partial charge in [0.05, 0.1) is 24.0 Å². The standard InChI is InChI=1S/C18H18N4O4/c1-11-3-2-4-14(7-11)22-15-8-13(6-5-12(15)9-20-22)21-17(24)16(10-23)26-18(19)25/h2-9,16,23H,10H2,1H3,(H2,19,25)(H,21,24). The molecule has 26 heavy (non-hydrogen) atoms. The molecule has 1 atom stereocenters. The second kappa shape index (κ2) is 7.24.